The van der Waals surface area contributed by atoms with Crippen LogP contribution in [0.25, 0.3) is 21.3 Å². The predicted octanol–water partition coefficient (Wildman–Crippen LogP) is 4.84. The Bertz CT molecular complexity index is 1060. The highest BCUT2D eigenvalue weighted by molar-refractivity contribution is 7.16. The second-order valence-corrected chi connectivity index (χ2v) is 6.46. The van der Waals surface area contributed by atoms with Gasteiger partial charge >= 0.3 is 0 Å². The second kappa shape index (κ2) is 6.71. The van der Waals surface area contributed by atoms with Crippen LogP contribution in [0.4, 0.5) is 5.82 Å². The van der Waals surface area contributed by atoms with E-state index in [4.69, 9.17) is 0 Å². The Hall–Kier alpha value is -3.23. The van der Waals surface area contributed by atoms with Gasteiger partial charge in [0.15, 0.2) is 0 Å². The van der Waals surface area contributed by atoms with E-state index in [1.54, 1.807) is 17.7 Å². The first-order valence-corrected chi connectivity index (χ1v) is 8.73. The Morgan fingerprint density at radius 2 is 1.84 bits per heavy atom. The molecule has 0 unspecified atom stereocenters. The number of hydrogen-bond donors (Lipinski definition) is 1. The summed E-state index contributed by atoms with van der Waals surface area (Å²) in [7, 11) is 0. The standard InChI is InChI=1S/C20H14N4S/c21-11-16-3-1-2-4-17(16)15-7-5-14(6-8-15)12-22-19-18-9-10-25-20(18)24-13-23-19/h1-10,13H,12H2,(H,22,23,24). The largest absolute Gasteiger partial charge is 0.365 e. The lowest BCUT2D eigenvalue weighted by Crippen LogP contribution is -2.01. The summed E-state index contributed by atoms with van der Waals surface area (Å²) in [6.07, 6.45) is 1.59. The zero-order chi connectivity index (χ0) is 17.1. The molecule has 2 aromatic heterocycles. The molecule has 5 heteroatoms. The zero-order valence-electron chi connectivity index (χ0n) is 13.3. The van der Waals surface area contributed by atoms with Crippen molar-refractivity contribution in [3.8, 4) is 17.2 Å². The Labute approximate surface area is 149 Å². The number of nitrogens with zero attached hydrogens (tertiary/aromatic N) is 3. The first-order valence-electron chi connectivity index (χ1n) is 7.85. The lowest BCUT2D eigenvalue weighted by molar-refractivity contribution is 1.11. The number of rotatable bonds is 4. The molecule has 2 heterocycles. The van der Waals surface area contributed by atoms with Crippen LogP contribution >= 0.6 is 11.3 Å². The van der Waals surface area contributed by atoms with Crippen LogP contribution in [0.15, 0.2) is 66.3 Å². The van der Waals surface area contributed by atoms with Crippen LogP contribution in [0.1, 0.15) is 11.1 Å². The minimum Gasteiger partial charge on any atom is -0.365 e. The highest BCUT2D eigenvalue weighted by atomic mass is 32.1. The summed E-state index contributed by atoms with van der Waals surface area (Å²) in [5, 5.41) is 15.7. The number of nitriles is 1. The van der Waals surface area contributed by atoms with Gasteiger partial charge in [0.2, 0.25) is 0 Å². The molecule has 4 nitrogen and oxygen atoms in total. The Morgan fingerprint density at radius 1 is 1.00 bits per heavy atom. The fourth-order valence-corrected chi connectivity index (χ4v) is 3.48. The highest BCUT2D eigenvalue weighted by Crippen LogP contribution is 2.25. The summed E-state index contributed by atoms with van der Waals surface area (Å²) in [6.45, 7) is 0.683. The molecule has 25 heavy (non-hydrogen) atoms. The third kappa shape index (κ3) is 3.08. The van der Waals surface area contributed by atoms with Crippen LogP contribution in [0, 0.1) is 11.3 Å². The molecule has 0 saturated heterocycles. The van der Waals surface area contributed by atoms with Crippen molar-refractivity contribution in [2.75, 3.05) is 5.32 Å². The molecule has 0 bridgehead atoms. The highest BCUT2D eigenvalue weighted by Gasteiger charge is 2.06. The van der Waals surface area contributed by atoms with Crippen molar-refractivity contribution in [2.24, 2.45) is 0 Å². The Kier molecular flexibility index (Phi) is 4.11. The SMILES string of the molecule is N#Cc1ccccc1-c1ccc(CNc2ncnc3sccc23)cc1. The second-order valence-electron chi connectivity index (χ2n) is 5.57. The molecule has 0 saturated carbocycles. The van der Waals surface area contributed by atoms with Gasteiger partial charge in [-0.15, -0.1) is 11.3 Å². The maximum Gasteiger partial charge on any atom is 0.138 e. The van der Waals surface area contributed by atoms with Gasteiger partial charge in [-0.05, 0) is 34.2 Å². The van der Waals surface area contributed by atoms with Crippen LogP contribution in [0.5, 0.6) is 0 Å². The van der Waals surface area contributed by atoms with Crippen LogP contribution in [0.3, 0.4) is 0 Å². The maximum atomic E-state index is 9.24. The molecule has 0 fully saturated rings. The topological polar surface area (TPSA) is 61.6 Å². The van der Waals surface area contributed by atoms with Crippen molar-refractivity contribution < 1.29 is 0 Å². The summed E-state index contributed by atoms with van der Waals surface area (Å²) >= 11 is 1.61. The fourth-order valence-electron chi connectivity index (χ4n) is 2.75. The first-order chi connectivity index (χ1) is 12.3. The van der Waals surface area contributed by atoms with E-state index < -0.39 is 0 Å². The van der Waals surface area contributed by atoms with Crippen LogP contribution in [0.2, 0.25) is 0 Å². The van der Waals surface area contributed by atoms with Gasteiger partial charge in [0, 0.05) is 6.54 Å². The van der Waals surface area contributed by atoms with E-state index in [0.29, 0.717) is 12.1 Å². The maximum absolute atomic E-state index is 9.24. The summed E-state index contributed by atoms with van der Waals surface area (Å²) in [6, 6.07) is 20.2. The number of fused-ring (bicyclic) bond motifs is 1. The van der Waals surface area contributed by atoms with E-state index in [1.165, 1.54) is 0 Å². The number of anilines is 1. The average molecular weight is 342 g/mol. The fraction of sp³-hybridized carbons (Fsp3) is 0.0500. The van der Waals surface area contributed by atoms with Gasteiger partial charge in [-0.3, -0.25) is 0 Å². The number of hydrogen-bond acceptors (Lipinski definition) is 5. The van der Waals surface area contributed by atoms with Crippen LogP contribution in [-0.4, -0.2) is 9.97 Å². The van der Waals surface area contributed by atoms with Gasteiger partial charge in [0.05, 0.1) is 17.0 Å². The lowest BCUT2D eigenvalue weighted by atomic mass is 9.99. The minimum atomic E-state index is 0.683. The molecule has 0 aliphatic rings. The van der Waals surface area contributed by atoms with Gasteiger partial charge in [-0.25, -0.2) is 9.97 Å². The number of aromatic nitrogens is 2. The van der Waals surface area contributed by atoms with E-state index >= 15 is 0 Å². The van der Waals surface area contributed by atoms with Crippen molar-refractivity contribution in [3.05, 3.63) is 77.4 Å². The predicted molar refractivity (Wildman–Crippen MR) is 101 cm³/mol. The van der Waals surface area contributed by atoms with E-state index in [1.807, 2.05) is 47.8 Å². The molecule has 4 rings (SSSR count). The number of nitrogens with one attached hydrogen (secondary N) is 1. The molecular formula is C20H14N4S. The monoisotopic (exact) mass is 342 g/mol. The molecule has 1 N–H and O–H groups in total. The lowest BCUT2D eigenvalue weighted by Gasteiger charge is -2.08. The van der Waals surface area contributed by atoms with Gasteiger partial charge < -0.3 is 5.32 Å². The molecule has 120 valence electrons. The van der Waals surface area contributed by atoms with E-state index in [9.17, 15) is 5.26 Å². The number of thiophene rings is 1. The average Bonchev–Trinajstić information content (AvgIpc) is 3.16. The summed E-state index contributed by atoms with van der Waals surface area (Å²) in [4.78, 5) is 9.58. The third-order valence-corrected chi connectivity index (χ3v) is 4.85. The molecule has 2 aromatic carbocycles. The van der Waals surface area contributed by atoms with Gasteiger partial charge in [0.25, 0.3) is 0 Å². The molecular weight excluding hydrogens is 328 g/mol. The third-order valence-electron chi connectivity index (χ3n) is 4.03. The smallest absolute Gasteiger partial charge is 0.138 e. The molecule has 4 aromatic rings. The van der Waals surface area contributed by atoms with E-state index in [-0.39, 0.29) is 0 Å². The zero-order valence-corrected chi connectivity index (χ0v) is 14.1. The van der Waals surface area contributed by atoms with Gasteiger partial charge in [-0.1, -0.05) is 42.5 Å². The molecule has 0 aliphatic heterocycles. The number of benzene rings is 2. The summed E-state index contributed by atoms with van der Waals surface area (Å²) < 4.78 is 0. The van der Waals surface area contributed by atoms with Gasteiger partial charge in [0.1, 0.15) is 17.0 Å². The van der Waals surface area contributed by atoms with Crippen molar-refractivity contribution >= 4 is 27.4 Å². The van der Waals surface area contributed by atoms with Crippen molar-refractivity contribution in [1.29, 1.82) is 5.26 Å². The molecule has 0 radical (unpaired) electrons. The Morgan fingerprint density at radius 3 is 2.68 bits per heavy atom. The van der Waals surface area contributed by atoms with Crippen molar-refractivity contribution in [2.45, 2.75) is 6.54 Å². The van der Waals surface area contributed by atoms with Crippen molar-refractivity contribution in [1.82, 2.24) is 9.97 Å². The molecule has 0 amide bonds. The minimum absolute atomic E-state index is 0.683. The first kappa shape index (κ1) is 15.3. The normalized spacial score (nSPS) is 10.5. The quantitative estimate of drug-likeness (QED) is 0.576. The van der Waals surface area contributed by atoms with Crippen molar-refractivity contribution in [3.63, 3.8) is 0 Å². The van der Waals surface area contributed by atoms with E-state index in [2.05, 4.69) is 33.5 Å². The molecule has 0 spiro atoms. The van der Waals surface area contributed by atoms with E-state index in [0.717, 1.165) is 32.7 Å². The van der Waals surface area contributed by atoms with Crippen LogP contribution < -0.4 is 5.32 Å². The van der Waals surface area contributed by atoms with Gasteiger partial charge in [-0.2, -0.15) is 5.26 Å². The summed E-state index contributed by atoms with van der Waals surface area (Å²) in [5.74, 6) is 0.852. The molecule has 0 aliphatic carbocycles. The van der Waals surface area contributed by atoms with Crippen LogP contribution in [-0.2, 0) is 6.54 Å². The molecule has 0 atom stereocenters. The Balaban J connectivity index is 1.53. The summed E-state index contributed by atoms with van der Waals surface area (Å²) in [5.41, 5.74) is 3.85.